The van der Waals surface area contributed by atoms with Crippen LogP contribution in [0, 0.1) is 5.82 Å². The summed E-state index contributed by atoms with van der Waals surface area (Å²) in [5, 5.41) is -0.162. The number of piperazine rings is 1. The Bertz CT molecular complexity index is 409. The van der Waals surface area contributed by atoms with Crippen LogP contribution in [0.2, 0.25) is 5.15 Å². The van der Waals surface area contributed by atoms with Crippen LogP contribution in [0.15, 0.2) is 6.33 Å². The van der Waals surface area contributed by atoms with Gasteiger partial charge in [-0.3, -0.25) is 4.90 Å². The third-order valence-electron chi connectivity index (χ3n) is 2.73. The van der Waals surface area contributed by atoms with Gasteiger partial charge >= 0.3 is 0 Å². The maximum Gasteiger partial charge on any atom is 0.202 e. The highest BCUT2D eigenvalue weighted by molar-refractivity contribution is 6.29. The second-order valence-electron chi connectivity index (χ2n) is 3.76. The lowest BCUT2D eigenvalue weighted by Crippen LogP contribution is -2.47. The second kappa shape index (κ2) is 5.37. The normalized spacial score (nSPS) is 17.2. The van der Waals surface area contributed by atoms with Crippen molar-refractivity contribution >= 4 is 23.7 Å². The molecule has 0 atom stereocenters. The van der Waals surface area contributed by atoms with Gasteiger partial charge in [0.05, 0.1) is 6.54 Å². The van der Waals surface area contributed by atoms with Crippen molar-refractivity contribution in [2.45, 2.75) is 0 Å². The van der Waals surface area contributed by atoms with Gasteiger partial charge in [0.15, 0.2) is 11.0 Å². The number of aldehydes is 1. The molecule has 1 fully saturated rings. The zero-order valence-corrected chi connectivity index (χ0v) is 9.90. The molecule has 0 unspecified atom stereocenters. The van der Waals surface area contributed by atoms with Crippen LogP contribution >= 0.6 is 11.6 Å². The summed E-state index contributed by atoms with van der Waals surface area (Å²) >= 11 is 5.60. The van der Waals surface area contributed by atoms with Gasteiger partial charge in [-0.1, -0.05) is 11.6 Å². The summed E-state index contributed by atoms with van der Waals surface area (Å²) in [5.41, 5.74) is 0. The van der Waals surface area contributed by atoms with Crippen LogP contribution in [0.1, 0.15) is 0 Å². The maximum absolute atomic E-state index is 13.7. The third kappa shape index (κ3) is 2.70. The molecule has 0 N–H and O–H groups in total. The maximum atomic E-state index is 13.7. The van der Waals surface area contributed by atoms with E-state index in [1.54, 1.807) is 0 Å². The molecule has 1 aliphatic heterocycles. The Kier molecular flexibility index (Phi) is 3.86. The summed E-state index contributed by atoms with van der Waals surface area (Å²) in [5.74, 6) is -0.353. The van der Waals surface area contributed by atoms with E-state index in [-0.39, 0.29) is 11.0 Å². The van der Waals surface area contributed by atoms with Gasteiger partial charge < -0.3 is 9.69 Å². The minimum absolute atomic E-state index is 0.162. The zero-order valence-electron chi connectivity index (χ0n) is 9.14. The van der Waals surface area contributed by atoms with Crippen LogP contribution in [-0.4, -0.2) is 53.9 Å². The second-order valence-corrected chi connectivity index (χ2v) is 4.11. The number of hydrogen-bond acceptors (Lipinski definition) is 5. The van der Waals surface area contributed by atoms with Crippen molar-refractivity contribution in [3.05, 3.63) is 17.3 Å². The molecule has 92 valence electrons. The van der Waals surface area contributed by atoms with Crippen LogP contribution in [0.5, 0.6) is 0 Å². The molecule has 0 saturated carbocycles. The molecular formula is C10H12ClFN4O. The topological polar surface area (TPSA) is 49.3 Å². The molecule has 0 radical (unpaired) electrons. The molecule has 2 rings (SSSR count). The number of nitrogens with zero attached hydrogens (tertiary/aromatic N) is 4. The molecule has 1 aromatic rings. The van der Waals surface area contributed by atoms with Crippen molar-refractivity contribution in [2.24, 2.45) is 0 Å². The van der Waals surface area contributed by atoms with Gasteiger partial charge in [-0.25, -0.2) is 9.97 Å². The first kappa shape index (κ1) is 12.2. The Morgan fingerprint density at radius 2 is 2.06 bits per heavy atom. The fourth-order valence-corrected chi connectivity index (χ4v) is 1.94. The summed E-state index contributed by atoms with van der Waals surface area (Å²) in [7, 11) is 0. The molecule has 17 heavy (non-hydrogen) atoms. The van der Waals surface area contributed by atoms with Crippen LogP contribution < -0.4 is 4.90 Å². The summed E-state index contributed by atoms with van der Waals surface area (Å²) in [4.78, 5) is 21.7. The van der Waals surface area contributed by atoms with Crippen molar-refractivity contribution in [3.8, 4) is 0 Å². The average molecular weight is 259 g/mol. The quantitative estimate of drug-likeness (QED) is 0.587. The molecule has 1 saturated heterocycles. The van der Waals surface area contributed by atoms with E-state index in [0.717, 1.165) is 6.29 Å². The molecule has 1 aliphatic rings. The standard InChI is InChI=1S/C10H12ClFN4O/c11-9-8(12)10(14-7-13-9)16-3-1-15(2-4-16)5-6-17/h6-7H,1-5H2. The number of anilines is 1. The van der Waals surface area contributed by atoms with E-state index >= 15 is 0 Å². The Morgan fingerprint density at radius 1 is 1.35 bits per heavy atom. The van der Waals surface area contributed by atoms with Crippen molar-refractivity contribution in [2.75, 3.05) is 37.6 Å². The Labute approximate surface area is 103 Å². The largest absolute Gasteiger partial charge is 0.351 e. The van der Waals surface area contributed by atoms with E-state index in [1.807, 2.05) is 9.80 Å². The first-order valence-corrected chi connectivity index (χ1v) is 5.67. The highest BCUT2D eigenvalue weighted by Crippen LogP contribution is 2.21. The predicted octanol–water partition coefficient (Wildman–Crippen LogP) is 0.590. The first-order chi connectivity index (χ1) is 8.22. The van der Waals surface area contributed by atoms with E-state index < -0.39 is 5.82 Å². The molecular weight excluding hydrogens is 247 g/mol. The van der Waals surface area contributed by atoms with E-state index in [2.05, 4.69) is 9.97 Å². The number of halogens is 2. The highest BCUT2D eigenvalue weighted by Gasteiger charge is 2.21. The van der Waals surface area contributed by atoms with Crippen LogP contribution in [-0.2, 0) is 4.79 Å². The van der Waals surface area contributed by atoms with Gasteiger partial charge in [0.25, 0.3) is 0 Å². The van der Waals surface area contributed by atoms with Crippen LogP contribution in [0.25, 0.3) is 0 Å². The van der Waals surface area contributed by atoms with Gasteiger partial charge in [-0.05, 0) is 0 Å². The van der Waals surface area contributed by atoms with Crippen LogP contribution in [0.4, 0.5) is 10.2 Å². The van der Waals surface area contributed by atoms with Gasteiger partial charge in [0.1, 0.15) is 12.6 Å². The van der Waals surface area contributed by atoms with E-state index in [1.165, 1.54) is 6.33 Å². The molecule has 0 aromatic carbocycles. The van der Waals surface area contributed by atoms with E-state index in [9.17, 15) is 9.18 Å². The molecule has 0 amide bonds. The molecule has 0 spiro atoms. The van der Waals surface area contributed by atoms with E-state index in [4.69, 9.17) is 11.6 Å². The monoisotopic (exact) mass is 258 g/mol. The van der Waals surface area contributed by atoms with Gasteiger partial charge in [-0.2, -0.15) is 4.39 Å². The molecule has 0 aliphatic carbocycles. The molecule has 5 nitrogen and oxygen atoms in total. The number of hydrogen-bond donors (Lipinski definition) is 0. The smallest absolute Gasteiger partial charge is 0.202 e. The van der Waals surface area contributed by atoms with E-state index in [0.29, 0.717) is 32.7 Å². The third-order valence-corrected chi connectivity index (χ3v) is 3.00. The Morgan fingerprint density at radius 3 is 2.71 bits per heavy atom. The lowest BCUT2D eigenvalue weighted by molar-refractivity contribution is -0.108. The lowest BCUT2D eigenvalue weighted by atomic mass is 10.3. The highest BCUT2D eigenvalue weighted by atomic mass is 35.5. The zero-order chi connectivity index (χ0) is 12.3. The van der Waals surface area contributed by atoms with Crippen molar-refractivity contribution in [3.63, 3.8) is 0 Å². The average Bonchev–Trinajstić information content (AvgIpc) is 2.34. The summed E-state index contributed by atoms with van der Waals surface area (Å²) in [6.45, 7) is 3.08. The molecule has 0 bridgehead atoms. The number of rotatable bonds is 3. The Balaban J connectivity index is 2.05. The fourth-order valence-electron chi connectivity index (χ4n) is 1.81. The molecule has 7 heteroatoms. The van der Waals surface area contributed by atoms with Gasteiger partial charge in [0, 0.05) is 26.2 Å². The Hall–Kier alpha value is -1.27. The minimum Gasteiger partial charge on any atom is -0.351 e. The van der Waals surface area contributed by atoms with Crippen molar-refractivity contribution < 1.29 is 9.18 Å². The summed E-state index contributed by atoms with van der Waals surface area (Å²) in [6, 6.07) is 0. The number of aromatic nitrogens is 2. The minimum atomic E-state index is -0.585. The SMILES string of the molecule is O=CCN1CCN(c2ncnc(Cl)c2F)CC1. The predicted molar refractivity (Wildman–Crippen MR) is 61.7 cm³/mol. The summed E-state index contributed by atoms with van der Waals surface area (Å²) in [6.07, 6.45) is 2.12. The summed E-state index contributed by atoms with van der Waals surface area (Å²) < 4.78 is 13.7. The number of carbonyl (C=O) groups excluding carboxylic acids is 1. The molecule has 1 aromatic heterocycles. The fraction of sp³-hybridized carbons (Fsp3) is 0.500. The van der Waals surface area contributed by atoms with Gasteiger partial charge in [-0.15, -0.1) is 0 Å². The van der Waals surface area contributed by atoms with Crippen molar-refractivity contribution in [1.82, 2.24) is 14.9 Å². The lowest BCUT2D eigenvalue weighted by Gasteiger charge is -2.34. The molecule has 2 heterocycles. The van der Waals surface area contributed by atoms with Crippen LogP contribution in [0.3, 0.4) is 0 Å². The number of carbonyl (C=O) groups is 1. The van der Waals surface area contributed by atoms with Gasteiger partial charge in [0.2, 0.25) is 5.82 Å². The first-order valence-electron chi connectivity index (χ1n) is 5.29. The van der Waals surface area contributed by atoms with Crippen molar-refractivity contribution in [1.29, 1.82) is 0 Å².